The first-order chi connectivity index (χ1) is 8.72. The third-order valence-electron chi connectivity index (χ3n) is 5.36. The summed E-state index contributed by atoms with van der Waals surface area (Å²) in [6.45, 7) is 2.84. The molecule has 0 radical (unpaired) electrons. The van der Waals surface area contributed by atoms with Gasteiger partial charge in [0.25, 0.3) is 0 Å². The van der Waals surface area contributed by atoms with Gasteiger partial charge in [-0.3, -0.25) is 0 Å². The van der Waals surface area contributed by atoms with Crippen LogP contribution in [-0.4, -0.2) is 36.6 Å². The molecule has 1 aliphatic heterocycles. The highest BCUT2D eigenvalue weighted by atomic mass is 16.2. The van der Waals surface area contributed by atoms with Crippen LogP contribution in [0.2, 0.25) is 0 Å². The summed E-state index contributed by atoms with van der Waals surface area (Å²) in [4.78, 5) is 12.8. The van der Waals surface area contributed by atoms with Crippen molar-refractivity contribution in [3.05, 3.63) is 0 Å². The van der Waals surface area contributed by atoms with Crippen LogP contribution in [0.1, 0.15) is 38.5 Å². The Hall–Kier alpha value is -0.770. The lowest BCUT2D eigenvalue weighted by atomic mass is 9.88. The number of nitrogens with two attached hydrogens (primary N) is 1. The molecular weight excluding hydrogens is 226 g/mol. The first-order valence-corrected chi connectivity index (χ1v) is 7.50. The molecule has 102 valence electrons. The molecular formula is C14H25N3O. The van der Waals surface area contributed by atoms with Crippen molar-refractivity contribution in [2.45, 2.75) is 44.6 Å². The molecule has 4 nitrogen and oxygen atoms in total. The summed E-state index contributed by atoms with van der Waals surface area (Å²) in [5.41, 5.74) is 5.29. The minimum Gasteiger partial charge on any atom is -0.351 e. The monoisotopic (exact) mass is 251 g/mol. The van der Waals surface area contributed by atoms with E-state index < -0.39 is 0 Å². The van der Waals surface area contributed by atoms with Crippen molar-refractivity contribution < 1.29 is 4.79 Å². The van der Waals surface area contributed by atoms with Gasteiger partial charge in [-0.2, -0.15) is 0 Å². The molecule has 2 aliphatic carbocycles. The number of carbonyl (C=O) groups is 1. The minimum atomic E-state index is -0.262. The van der Waals surface area contributed by atoms with Gasteiger partial charge in [-0.15, -0.1) is 0 Å². The lowest BCUT2D eigenvalue weighted by molar-refractivity contribution is 0.182. The first kappa shape index (κ1) is 12.3. The molecule has 0 spiro atoms. The van der Waals surface area contributed by atoms with Gasteiger partial charge in [0, 0.05) is 19.1 Å². The van der Waals surface area contributed by atoms with Gasteiger partial charge < -0.3 is 16.0 Å². The van der Waals surface area contributed by atoms with Gasteiger partial charge in [-0.1, -0.05) is 6.42 Å². The predicted octanol–water partition coefficient (Wildman–Crippen LogP) is 1.56. The number of piperidine rings is 1. The molecule has 1 saturated heterocycles. The van der Waals surface area contributed by atoms with E-state index in [0.717, 1.165) is 43.7 Å². The Labute approximate surface area is 109 Å². The molecule has 3 atom stereocenters. The summed E-state index contributed by atoms with van der Waals surface area (Å²) < 4.78 is 0. The van der Waals surface area contributed by atoms with Crippen molar-refractivity contribution in [3.63, 3.8) is 0 Å². The van der Waals surface area contributed by atoms with E-state index in [0.29, 0.717) is 6.04 Å². The molecule has 3 aliphatic rings. The van der Waals surface area contributed by atoms with Crippen LogP contribution in [0.15, 0.2) is 0 Å². The first-order valence-electron chi connectivity index (χ1n) is 7.50. The molecule has 3 N–H and O–H groups in total. The smallest absolute Gasteiger partial charge is 0.314 e. The fourth-order valence-corrected chi connectivity index (χ4v) is 4.25. The Bertz CT molecular complexity index is 312. The van der Waals surface area contributed by atoms with Crippen molar-refractivity contribution in [3.8, 4) is 0 Å². The summed E-state index contributed by atoms with van der Waals surface area (Å²) in [5, 5.41) is 3.73. The predicted molar refractivity (Wildman–Crippen MR) is 71.1 cm³/mol. The zero-order chi connectivity index (χ0) is 12.5. The van der Waals surface area contributed by atoms with Crippen LogP contribution in [0.3, 0.4) is 0 Å². The van der Waals surface area contributed by atoms with Gasteiger partial charge in [0.2, 0.25) is 0 Å². The molecule has 2 bridgehead atoms. The van der Waals surface area contributed by atoms with E-state index in [1.54, 1.807) is 4.90 Å². The van der Waals surface area contributed by atoms with Crippen LogP contribution in [-0.2, 0) is 0 Å². The number of likely N-dealkylation sites (tertiary alicyclic amines) is 1. The van der Waals surface area contributed by atoms with Gasteiger partial charge in [-0.25, -0.2) is 4.79 Å². The van der Waals surface area contributed by atoms with Crippen molar-refractivity contribution >= 4 is 6.03 Å². The summed E-state index contributed by atoms with van der Waals surface area (Å²) in [7, 11) is 0. The summed E-state index contributed by atoms with van der Waals surface area (Å²) in [5.74, 6) is 2.98. The zero-order valence-electron chi connectivity index (χ0n) is 11.1. The molecule has 0 aromatic heterocycles. The van der Waals surface area contributed by atoms with E-state index >= 15 is 0 Å². The van der Waals surface area contributed by atoms with Crippen LogP contribution in [0.5, 0.6) is 0 Å². The largest absolute Gasteiger partial charge is 0.351 e. The Kier molecular flexibility index (Phi) is 3.46. The van der Waals surface area contributed by atoms with Crippen molar-refractivity contribution in [2.24, 2.45) is 23.5 Å². The van der Waals surface area contributed by atoms with Gasteiger partial charge in [0.15, 0.2) is 0 Å². The molecule has 3 fully saturated rings. The third-order valence-corrected chi connectivity index (χ3v) is 5.36. The number of hydrogen-bond donors (Lipinski definition) is 2. The quantitative estimate of drug-likeness (QED) is 0.799. The third kappa shape index (κ3) is 2.48. The maximum atomic E-state index is 11.0. The molecule has 4 heteroatoms. The number of urea groups is 1. The minimum absolute atomic E-state index is 0.262. The number of fused-ring (bicyclic) bond motifs is 2. The van der Waals surface area contributed by atoms with Crippen LogP contribution in [0.4, 0.5) is 4.79 Å². The van der Waals surface area contributed by atoms with E-state index in [1.807, 2.05) is 0 Å². The summed E-state index contributed by atoms with van der Waals surface area (Å²) in [6, 6.07) is 0.335. The number of nitrogens with zero attached hydrogens (tertiary/aromatic N) is 1. The van der Waals surface area contributed by atoms with E-state index in [1.165, 1.54) is 32.2 Å². The van der Waals surface area contributed by atoms with Crippen LogP contribution >= 0.6 is 0 Å². The normalized spacial score (nSPS) is 36.2. The lowest BCUT2D eigenvalue weighted by Gasteiger charge is -2.32. The molecule has 0 aromatic rings. The second-order valence-corrected chi connectivity index (χ2v) is 6.44. The van der Waals surface area contributed by atoms with Gasteiger partial charge >= 0.3 is 6.03 Å². The fraction of sp³-hybridized carbons (Fsp3) is 0.929. The van der Waals surface area contributed by atoms with E-state index in [-0.39, 0.29) is 6.03 Å². The second kappa shape index (κ2) is 5.08. The zero-order valence-corrected chi connectivity index (χ0v) is 11.1. The van der Waals surface area contributed by atoms with Crippen LogP contribution < -0.4 is 11.1 Å². The number of carbonyl (C=O) groups excluding carboxylic acids is 1. The number of nitrogens with one attached hydrogen (secondary N) is 1. The Morgan fingerprint density at radius 3 is 2.50 bits per heavy atom. The van der Waals surface area contributed by atoms with Gasteiger partial charge in [-0.05, 0) is 56.4 Å². The standard InChI is InChI=1S/C14H25N3O/c15-14(18)17-5-3-13(4-6-17)16-9-12-8-10-1-2-11(12)7-10/h10-13,16H,1-9H2,(H2,15,18). The second-order valence-electron chi connectivity index (χ2n) is 6.44. The molecule has 18 heavy (non-hydrogen) atoms. The molecule has 3 unspecified atom stereocenters. The van der Waals surface area contributed by atoms with Crippen molar-refractivity contribution in [1.82, 2.24) is 10.2 Å². The Morgan fingerprint density at radius 1 is 1.17 bits per heavy atom. The average molecular weight is 251 g/mol. The van der Waals surface area contributed by atoms with Crippen molar-refractivity contribution in [2.75, 3.05) is 19.6 Å². The van der Waals surface area contributed by atoms with Crippen LogP contribution in [0, 0.1) is 17.8 Å². The number of primary amides is 1. The SMILES string of the molecule is NC(=O)N1CCC(NCC2CC3CCC2C3)CC1. The molecule has 2 saturated carbocycles. The highest BCUT2D eigenvalue weighted by Gasteiger charge is 2.39. The Morgan fingerprint density at radius 2 is 1.94 bits per heavy atom. The molecule has 1 heterocycles. The topological polar surface area (TPSA) is 58.4 Å². The average Bonchev–Trinajstić information content (AvgIpc) is 2.99. The highest BCUT2D eigenvalue weighted by molar-refractivity contribution is 5.72. The Balaban J connectivity index is 1.38. The molecule has 0 aromatic carbocycles. The fourth-order valence-electron chi connectivity index (χ4n) is 4.25. The number of amides is 2. The molecule has 2 amide bonds. The van der Waals surface area contributed by atoms with Gasteiger partial charge in [0.05, 0.1) is 0 Å². The number of rotatable bonds is 3. The highest BCUT2D eigenvalue weighted by Crippen LogP contribution is 2.47. The number of hydrogen-bond acceptors (Lipinski definition) is 2. The van der Waals surface area contributed by atoms with E-state index in [2.05, 4.69) is 5.32 Å². The maximum Gasteiger partial charge on any atom is 0.314 e. The van der Waals surface area contributed by atoms with E-state index in [9.17, 15) is 4.79 Å². The summed E-state index contributed by atoms with van der Waals surface area (Å²) in [6.07, 6.45) is 8.02. The van der Waals surface area contributed by atoms with Gasteiger partial charge in [0.1, 0.15) is 0 Å². The maximum absolute atomic E-state index is 11.0. The lowest BCUT2D eigenvalue weighted by Crippen LogP contribution is -2.47. The van der Waals surface area contributed by atoms with E-state index in [4.69, 9.17) is 5.73 Å². The molecule has 3 rings (SSSR count). The van der Waals surface area contributed by atoms with Crippen LogP contribution in [0.25, 0.3) is 0 Å². The summed E-state index contributed by atoms with van der Waals surface area (Å²) >= 11 is 0. The van der Waals surface area contributed by atoms with Crippen molar-refractivity contribution in [1.29, 1.82) is 0 Å².